The fourth-order valence-corrected chi connectivity index (χ4v) is 5.09. The van der Waals surface area contributed by atoms with Crippen molar-refractivity contribution in [3.63, 3.8) is 0 Å². The second kappa shape index (κ2) is 6.89. The molecule has 1 aromatic heterocycles. The number of thiophene rings is 1. The standard InChI is InChI=1S/C20H22FNO2S/c21-16-7-5-15(6-8-16)17-14-22(11-12-24-17)19(23)20(9-1-2-10-20)18-4-3-13-25-18/h3-8,13,17H,1-2,9-12,14H2/t17-/m1/s1. The van der Waals surface area contributed by atoms with Crippen molar-refractivity contribution in [2.45, 2.75) is 37.2 Å². The van der Waals surface area contributed by atoms with E-state index >= 15 is 0 Å². The number of carbonyl (C=O) groups is 1. The highest BCUT2D eigenvalue weighted by Gasteiger charge is 2.46. The first-order valence-electron chi connectivity index (χ1n) is 8.89. The summed E-state index contributed by atoms with van der Waals surface area (Å²) >= 11 is 1.69. The fourth-order valence-electron chi connectivity index (χ4n) is 4.11. The molecule has 1 amide bonds. The molecule has 3 nitrogen and oxygen atoms in total. The third kappa shape index (κ3) is 3.11. The molecule has 2 heterocycles. The Morgan fingerprint density at radius 3 is 2.64 bits per heavy atom. The zero-order valence-corrected chi connectivity index (χ0v) is 14.9. The van der Waals surface area contributed by atoms with Gasteiger partial charge in [-0.05, 0) is 42.0 Å². The number of ether oxygens (including phenoxy) is 1. The van der Waals surface area contributed by atoms with Gasteiger partial charge in [0.25, 0.3) is 0 Å². The van der Waals surface area contributed by atoms with Gasteiger partial charge in [0.2, 0.25) is 5.91 Å². The smallest absolute Gasteiger partial charge is 0.234 e. The first-order chi connectivity index (χ1) is 12.2. The first-order valence-corrected chi connectivity index (χ1v) is 9.77. The summed E-state index contributed by atoms with van der Waals surface area (Å²) in [6, 6.07) is 10.5. The van der Waals surface area contributed by atoms with Gasteiger partial charge in [-0.25, -0.2) is 4.39 Å². The van der Waals surface area contributed by atoms with Gasteiger partial charge in [0.05, 0.1) is 18.6 Å². The van der Waals surface area contributed by atoms with Crippen LogP contribution in [0, 0.1) is 5.82 Å². The van der Waals surface area contributed by atoms with Gasteiger partial charge >= 0.3 is 0 Å². The minimum Gasteiger partial charge on any atom is -0.370 e. The molecule has 2 aliphatic rings. The van der Waals surface area contributed by atoms with Crippen LogP contribution in [0.1, 0.15) is 42.2 Å². The van der Waals surface area contributed by atoms with Gasteiger partial charge in [-0.15, -0.1) is 11.3 Å². The molecule has 0 unspecified atom stereocenters. The van der Waals surface area contributed by atoms with Crippen molar-refractivity contribution in [2.24, 2.45) is 0 Å². The highest BCUT2D eigenvalue weighted by atomic mass is 32.1. The van der Waals surface area contributed by atoms with Crippen LogP contribution in [-0.4, -0.2) is 30.5 Å². The SMILES string of the molecule is O=C(N1CCO[C@@H](c2ccc(F)cc2)C1)C1(c2cccs2)CCCC1. The number of benzene rings is 1. The van der Waals surface area contributed by atoms with Gasteiger partial charge in [0, 0.05) is 11.4 Å². The van der Waals surface area contributed by atoms with E-state index in [4.69, 9.17) is 4.74 Å². The predicted octanol–water partition coefficient (Wildman–Crippen LogP) is 4.30. The quantitative estimate of drug-likeness (QED) is 0.818. The van der Waals surface area contributed by atoms with E-state index in [-0.39, 0.29) is 23.2 Å². The van der Waals surface area contributed by atoms with Crippen LogP contribution in [0.2, 0.25) is 0 Å². The molecule has 2 fully saturated rings. The highest BCUT2D eigenvalue weighted by Crippen LogP contribution is 2.45. The summed E-state index contributed by atoms with van der Waals surface area (Å²) in [5, 5.41) is 2.06. The van der Waals surface area contributed by atoms with Crippen LogP contribution in [-0.2, 0) is 14.9 Å². The van der Waals surface area contributed by atoms with Gasteiger partial charge < -0.3 is 9.64 Å². The molecule has 2 aromatic rings. The molecule has 132 valence electrons. The zero-order valence-electron chi connectivity index (χ0n) is 14.1. The number of hydrogen-bond acceptors (Lipinski definition) is 3. The lowest BCUT2D eigenvalue weighted by molar-refractivity contribution is -0.145. The molecule has 1 saturated heterocycles. The molecule has 1 saturated carbocycles. The zero-order chi connectivity index (χ0) is 17.3. The van der Waals surface area contributed by atoms with E-state index in [2.05, 4.69) is 11.4 Å². The molecule has 0 radical (unpaired) electrons. The van der Waals surface area contributed by atoms with Gasteiger partial charge in [0.1, 0.15) is 11.9 Å². The van der Waals surface area contributed by atoms with Crippen molar-refractivity contribution in [2.75, 3.05) is 19.7 Å². The van der Waals surface area contributed by atoms with E-state index in [1.165, 1.54) is 17.0 Å². The van der Waals surface area contributed by atoms with E-state index in [1.807, 2.05) is 11.0 Å². The van der Waals surface area contributed by atoms with Crippen LogP contribution in [0.25, 0.3) is 0 Å². The minimum atomic E-state index is -0.348. The molecular formula is C20H22FNO2S. The summed E-state index contributed by atoms with van der Waals surface area (Å²) in [5.74, 6) is -0.0158. The largest absolute Gasteiger partial charge is 0.370 e. The van der Waals surface area contributed by atoms with E-state index < -0.39 is 0 Å². The summed E-state index contributed by atoms with van der Waals surface area (Å²) in [6.45, 7) is 1.69. The molecule has 1 aromatic carbocycles. The van der Waals surface area contributed by atoms with Crippen LogP contribution >= 0.6 is 11.3 Å². The molecule has 5 heteroatoms. The monoisotopic (exact) mass is 359 g/mol. The Labute approximate surface area is 151 Å². The minimum absolute atomic E-state index is 0.180. The Kier molecular flexibility index (Phi) is 4.61. The summed E-state index contributed by atoms with van der Waals surface area (Å²) in [5.41, 5.74) is 0.578. The number of nitrogens with zero attached hydrogens (tertiary/aromatic N) is 1. The van der Waals surface area contributed by atoms with Crippen LogP contribution in [0.4, 0.5) is 4.39 Å². The van der Waals surface area contributed by atoms with Crippen LogP contribution < -0.4 is 0 Å². The normalized spacial score (nSPS) is 22.9. The lowest BCUT2D eigenvalue weighted by atomic mass is 9.82. The summed E-state index contributed by atoms with van der Waals surface area (Å²) in [4.78, 5) is 16.6. The lowest BCUT2D eigenvalue weighted by Gasteiger charge is -2.39. The Morgan fingerprint density at radius 2 is 1.96 bits per heavy atom. The van der Waals surface area contributed by atoms with Gasteiger partial charge in [-0.3, -0.25) is 4.79 Å². The summed E-state index contributed by atoms with van der Waals surface area (Å²) < 4.78 is 19.0. The van der Waals surface area contributed by atoms with Crippen molar-refractivity contribution in [3.05, 3.63) is 58.0 Å². The fraction of sp³-hybridized carbons (Fsp3) is 0.450. The molecule has 1 aliphatic heterocycles. The van der Waals surface area contributed by atoms with Crippen LogP contribution in [0.5, 0.6) is 0 Å². The number of amides is 1. The van der Waals surface area contributed by atoms with Crippen molar-refractivity contribution in [3.8, 4) is 0 Å². The van der Waals surface area contributed by atoms with Crippen LogP contribution in [0.15, 0.2) is 41.8 Å². The molecule has 25 heavy (non-hydrogen) atoms. The van der Waals surface area contributed by atoms with Gasteiger partial charge in [-0.1, -0.05) is 31.0 Å². The second-order valence-electron chi connectivity index (χ2n) is 6.93. The van der Waals surface area contributed by atoms with E-state index in [1.54, 1.807) is 23.5 Å². The van der Waals surface area contributed by atoms with Crippen molar-refractivity contribution < 1.29 is 13.9 Å². The van der Waals surface area contributed by atoms with Crippen molar-refractivity contribution >= 4 is 17.2 Å². The predicted molar refractivity (Wildman–Crippen MR) is 96.1 cm³/mol. The van der Waals surface area contributed by atoms with E-state index in [9.17, 15) is 9.18 Å². The van der Waals surface area contributed by atoms with Gasteiger partial charge in [-0.2, -0.15) is 0 Å². The van der Waals surface area contributed by atoms with Gasteiger partial charge in [0.15, 0.2) is 0 Å². The van der Waals surface area contributed by atoms with E-state index in [0.29, 0.717) is 19.7 Å². The Balaban J connectivity index is 1.56. The van der Waals surface area contributed by atoms with Crippen molar-refractivity contribution in [1.29, 1.82) is 0 Å². The Bertz CT molecular complexity index is 723. The maximum atomic E-state index is 13.5. The average Bonchev–Trinajstić information content (AvgIpc) is 3.34. The maximum absolute atomic E-state index is 13.5. The lowest BCUT2D eigenvalue weighted by Crippen LogP contribution is -2.50. The molecule has 0 bridgehead atoms. The number of morpholine rings is 1. The third-order valence-electron chi connectivity index (χ3n) is 5.45. The number of halogens is 1. The second-order valence-corrected chi connectivity index (χ2v) is 7.88. The third-order valence-corrected chi connectivity index (χ3v) is 6.53. The van der Waals surface area contributed by atoms with Crippen LogP contribution in [0.3, 0.4) is 0 Å². The number of carbonyl (C=O) groups excluding carboxylic acids is 1. The topological polar surface area (TPSA) is 29.5 Å². The molecular weight excluding hydrogens is 337 g/mol. The van der Waals surface area contributed by atoms with E-state index in [0.717, 1.165) is 31.2 Å². The summed E-state index contributed by atoms with van der Waals surface area (Å²) in [7, 11) is 0. The number of rotatable bonds is 3. The maximum Gasteiger partial charge on any atom is 0.234 e. The molecule has 4 rings (SSSR count). The Hall–Kier alpha value is -1.72. The first kappa shape index (κ1) is 16.7. The van der Waals surface area contributed by atoms with Crippen molar-refractivity contribution in [1.82, 2.24) is 4.90 Å². The Morgan fingerprint density at radius 1 is 1.20 bits per heavy atom. The summed E-state index contributed by atoms with van der Waals surface area (Å²) in [6.07, 6.45) is 3.90. The molecule has 0 N–H and O–H groups in total. The highest BCUT2D eigenvalue weighted by molar-refractivity contribution is 7.10. The number of hydrogen-bond donors (Lipinski definition) is 0. The molecule has 0 spiro atoms. The average molecular weight is 359 g/mol. The molecule has 1 aliphatic carbocycles. The molecule has 1 atom stereocenters.